The summed E-state index contributed by atoms with van der Waals surface area (Å²) in [5, 5.41) is 15.6. The van der Waals surface area contributed by atoms with Gasteiger partial charge in [-0.3, -0.25) is 14.4 Å². The van der Waals surface area contributed by atoms with Crippen LogP contribution in [0.4, 0.5) is 10.5 Å². The number of ether oxygens (including phenoxy) is 2. The zero-order valence-electron chi connectivity index (χ0n) is 23.5. The Morgan fingerprint density at radius 1 is 1.12 bits per heavy atom. The molecule has 0 heterocycles. The number of phenolic OH excluding ortho intramolecular Hbond substituents is 1. The van der Waals surface area contributed by atoms with Crippen molar-refractivity contribution in [2.75, 3.05) is 12.4 Å². The number of nitrogens with two attached hydrogens (primary N) is 1. The third-order valence-electron chi connectivity index (χ3n) is 6.42. The third kappa shape index (κ3) is 8.36. The number of nitrogens with one attached hydrogen (secondary N) is 2. The Bertz CT molecular complexity index is 1230. The van der Waals surface area contributed by atoms with E-state index in [1.54, 1.807) is 57.2 Å². The summed E-state index contributed by atoms with van der Waals surface area (Å²) < 4.78 is 10.5. The number of nitrogens with zero attached hydrogens (tertiary/aromatic N) is 1. The van der Waals surface area contributed by atoms with Gasteiger partial charge in [-0.25, -0.2) is 4.79 Å². The van der Waals surface area contributed by atoms with Gasteiger partial charge in [-0.1, -0.05) is 19.1 Å². The van der Waals surface area contributed by atoms with E-state index in [0.717, 1.165) is 0 Å². The molecule has 0 saturated heterocycles. The highest BCUT2D eigenvalue weighted by Crippen LogP contribution is 2.41. The van der Waals surface area contributed by atoms with Crippen LogP contribution in [0.3, 0.4) is 0 Å². The third-order valence-corrected chi connectivity index (χ3v) is 6.42. The zero-order chi connectivity index (χ0) is 29.6. The standard InChI is InChI=1S/C29H38N4O7/c1-17-15-23(17)33(27(37)22(13-14-24(30)35)32-28(38)40-29(2,3)4)25(18-7-6-8-20(34)16-18)26(36)31-19-9-11-21(39-5)12-10-19/h6-12,16-17,22-23,25,34H,13-15H2,1-5H3,(H2,30,35)(H,31,36)(H,32,38). The summed E-state index contributed by atoms with van der Waals surface area (Å²) in [7, 11) is 1.53. The number of benzene rings is 2. The Kier molecular flexibility index (Phi) is 9.62. The van der Waals surface area contributed by atoms with Crippen LogP contribution in [0.2, 0.25) is 0 Å². The first-order chi connectivity index (χ1) is 18.8. The highest BCUT2D eigenvalue weighted by molar-refractivity contribution is 5.99. The summed E-state index contributed by atoms with van der Waals surface area (Å²) in [5.74, 6) is -1.12. The molecule has 1 aliphatic carbocycles. The Morgan fingerprint density at radius 2 is 1.77 bits per heavy atom. The smallest absolute Gasteiger partial charge is 0.408 e. The molecule has 0 aromatic heterocycles. The second kappa shape index (κ2) is 12.7. The van der Waals surface area contributed by atoms with E-state index in [2.05, 4.69) is 10.6 Å². The summed E-state index contributed by atoms with van der Waals surface area (Å²) in [6.07, 6.45) is -0.463. The highest BCUT2D eigenvalue weighted by Gasteiger charge is 2.48. The Hall–Kier alpha value is -4.28. The minimum Gasteiger partial charge on any atom is -0.508 e. The second-order valence-electron chi connectivity index (χ2n) is 10.9. The maximum atomic E-state index is 14.2. The fourth-order valence-electron chi connectivity index (χ4n) is 4.36. The minimum absolute atomic E-state index is 0.0758. The number of carbonyl (C=O) groups is 4. The SMILES string of the molecule is COc1ccc(NC(=O)C(c2cccc(O)c2)N(C(=O)C(CCC(N)=O)NC(=O)OC(C)(C)C)C2CC2C)cc1. The molecular weight excluding hydrogens is 516 g/mol. The van der Waals surface area contributed by atoms with Gasteiger partial charge >= 0.3 is 6.09 Å². The Morgan fingerprint density at radius 3 is 2.30 bits per heavy atom. The molecule has 11 nitrogen and oxygen atoms in total. The van der Waals surface area contributed by atoms with Gasteiger partial charge in [0.1, 0.15) is 29.2 Å². The van der Waals surface area contributed by atoms with Gasteiger partial charge in [0.15, 0.2) is 0 Å². The summed E-state index contributed by atoms with van der Waals surface area (Å²) in [5.41, 5.74) is 5.39. The van der Waals surface area contributed by atoms with Crippen LogP contribution in [-0.4, -0.2) is 58.6 Å². The molecule has 1 fully saturated rings. The molecule has 4 unspecified atom stereocenters. The van der Waals surface area contributed by atoms with Gasteiger partial charge in [-0.15, -0.1) is 0 Å². The normalized spacial score (nSPS) is 17.6. The van der Waals surface area contributed by atoms with E-state index < -0.39 is 41.5 Å². The molecule has 40 heavy (non-hydrogen) atoms. The number of anilines is 1. The van der Waals surface area contributed by atoms with Crippen molar-refractivity contribution < 1.29 is 33.8 Å². The minimum atomic E-state index is -1.19. The van der Waals surface area contributed by atoms with Crippen LogP contribution in [0.25, 0.3) is 0 Å². The fraction of sp³-hybridized carbons (Fsp3) is 0.448. The average Bonchev–Trinajstić information content (AvgIpc) is 3.59. The molecule has 2 aromatic rings. The highest BCUT2D eigenvalue weighted by atomic mass is 16.6. The van der Waals surface area contributed by atoms with Gasteiger partial charge < -0.3 is 35.8 Å². The molecule has 3 rings (SSSR count). The van der Waals surface area contributed by atoms with Crippen molar-refractivity contribution >= 4 is 29.5 Å². The van der Waals surface area contributed by atoms with Crippen molar-refractivity contribution in [3.63, 3.8) is 0 Å². The molecule has 0 aliphatic heterocycles. The number of rotatable bonds is 11. The predicted octanol–water partition coefficient (Wildman–Crippen LogP) is 3.48. The van der Waals surface area contributed by atoms with E-state index in [4.69, 9.17) is 15.2 Å². The van der Waals surface area contributed by atoms with Gasteiger partial charge in [-0.2, -0.15) is 0 Å². The van der Waals surface area contributed by atoms with E-state index in [1.807, 2.05) is 6.92 Å². The van der Waals surface area contributed by atoms with Crippen LogP contribution < -0.4 is 21.1 Å². The summed E-state index contributed by atoms with van der Waals surface area (Å²) >= 11 is 0. The zero-order valence-corrected chi connectivity index (χ0v) is 23.5. The average molecular weight is 555 g/mol. The molecule has 0 spiro atoms. The number of primary amides is 1. The van der Waals surface area contributed by atoms with Gasteiger partial charge in [0.25, 0.3) is 5.91 Å². The van der Waals surface area contributed by atoms with Crippen molar-refractivity contribution in [3.05, 3.63) is 54.1 Å². The molecule has 0 bridgehead atoms. The number of amides is 4. The first-order valence-corrected chi connectivity index (χ1v) is 13.1. The predicted molar refractivity (Wildman–Crippen MR) is 148 cm³/mol. The van der Waals surface area contributed by atoms with Crippen molar-refractivity contribution in [3.8, 4) is 11.5 Å². The lowest BCUT2D eigenvalue weighted by Gasteiger charge is -2.35. The number of methoxy groups -OCH3 is 1. The number of aromatic hydroxyl groups is 1. The lowest BCUT2D eigenvalue weighted by molar-refractivity contribution is -0.142. The van der Waals surface area contributed by atoms with Crippen LogP contribution in [0.1, 0.15) is 58.6 Å². The van der Waals surface area contributed by atoms with E-state index in [1.165, 1.54) is 24.1 Å². The first-order valence-electron chi connectivity index (χ1n) is 13.1. The van der Waals surface area contributed by atoms with Gasteiger partial charge in [0.2, 0.25) is 11.8 Å². The van der Waals surface area contributed by atoms with E-state index in [-0.39, 0.29) is 30.6 Å². The number of carbonyl (C=O) groups excluding carboxylic acids is 4. The van der Waals surface area contributed by atoms with Crippen LogP contribution in [-0.2, 0) is 19.1 Å². The van der Waals surface area contributed by atoms with Crippen molar-refractivity contribution in [1.82, 2.24) is 10.2 Å². The number of hydrogen-bond donors (Lipinski definition) is 4. The number of alkyl carbamates (subject to hydrolysis) is 1. The summed E-state index contributed by atoms with van der Waals surface area (Å²) in [6.45, 7) is 7.01. The van der Waals surface area contributed by atoms with Crippen molar-refractivity contribution in [2.24, 2.45) is 11.7 Å². The fourth-order valence-corrected chi connectivity index (χ4v) is 4.36. The monoisotopic (exact) mass is 554 g/mol. The van der Waals surface area contributed by atoms with E-state index >= 15 is 0 Å². The Labute approximate surface area is 234 Å². The summed E-state index contributed by atoms with van der Waals surface area (Å²) in [4.78, 5) is 53.7. The maximum Gasteiger partial charge on any atom is 0.408 e. The maximum absolute atomic E-state index is 14.2. The molecular formula is C29H38N4O7. The topological polar surface area (TPSA) is 160 Å². The molecule has 0 radical (unpaired) electrons. The second-order valence-corrected chi connectivity index (χ2v) is 10.9. The van der Waals surface area contributed by atoms with Crippen LogP contribution in [0.5, 0.6) is 11.5 Å². The molecule has 5 N–H and O–H groups in total. The Balaban J connectivity index is 2.01. The van der Waals surface area contributed by atoms with E-state index in [0.29, 0.717) is 23.4 Å². The molecule has 4 atom stereocenters. The number of phenols is 1. The molecule has 11 heteroatoms. The lowest BCUT2D eigenvalue weighted by atomic mass is 10.0. The van der Waals surface area contributed by atoms with E-state index in [9.17, 15) is 24.3 Å². The van der Waals surface area contributed by atoms with Gasteiger partial charge in [-0.05, 0) is 81.5 Å². The quantitative estimate of drug-likeness (QED) is 0.331. The van der Waals surface area contributed by atoms with Crippen LogP contribution in [0, 0.1) is 5.92 Å². The first kappa shape index (κ1) is 30.3. The largest absolute Gasteiger partial charge is 0.508 e. The summed E-state index contributed by atoms with van der Waals surface area (Å²) in [6, 6.07) is 10.2. The van der Waals surface area contributed by atoms with Gasteiger partial charge in [0, 0.05) is 18.2 Å². The molecule has 216 valence electrons. The van der Waals surface area contributed by atoms with Crippen LogP contribution >= 0.6 is 0 Å². The molecule has 2 aromatic carbocycles. The van der Waals surface area contributed by atoms with Gasteiger partial charge in [0.05, 0.1) is 7.11 Å². The molecule has 1 saturated carbocycles. The van der Waals surface area contributed by atoms with Crippen molar-refractivity contribution in [2.45, 2.75) is 70.7 Å². The molecule has 4 amide bonds. The van der Waals surface area contributed by atoms with Crippen LogP contribution in [0.15, 0.2) is 48.5 Å². The number of hydrogen-bond acceptors (Lipinski definition) is 7. The molecule has 1 aliphatic rings. The van der Waals surface area contributed by atoms with Crippen molar-refractivity contribution in [1.29, 1.82) is 0 Å². The lowest BCUT2D eigenvalue weighted by Crippen LogP contribution is -2.53.